The number of halogens is 1. The Balaban J connectivity index is 0.00000385. The summed E-state index contributed by atoms with van der Waals surface area (Å²) < 4.78 is 1.69. The minimum Gasteiger partial charge on any atom is -0.357 e. The van der Waals surface area contributed by atoms with Crippen molar-refractivity contribution in [3.63, 3.8) is 0 Å². The van der Waals surface area contributed by atoms with Gasteiger partial charge in [-0.05, 0) is 37.0 Å². The van der Waals surface area contributed by atoms with Crippen molar-refractivity contribution in [3.05, 3.63) is 70.1 Å². The third-order valence-electron chi connectivity index (χ3n) is 6.05. The van der Waals surface area contributed by atoms with Gasteiger partial charge in [0.05, 0.1) is 18.5 Å². The molecule has 1 fully saturated rings. The van der Waals surface area contributed by atoms with E-state index < -0.39 is 0 Å². The molecule has 180 valence electrons. The number of rotatable bonds is 8. The zero-order valence-corrected chi connectivity index (χ0v) is 22.2. The topological polar surface area (TPSA) is 78.7 Å². The monoisotopic (exact) mass is 565 g/mol. The molecule has 1 heterocycles. The molecule has 1 aromatic carbocycles. The van der Waals surface area contributed by atoms with E-state index in [1.807, 2.05) is 51.4 Å². The van der Waals surface area contributed by atoms with Crippen LogP contribution in [0.3, 0.4) is 0 Å². The van der Waals surface area contributed by atoms with Crippen molar-refractivity contribution in [2.24, 2.45) is 10.4 Å². The third kappa shape index (κ3) is 7.31. The number of amides is 1. The van der Waals surface area contributed by atoms with Crippen LogP contribution in [0, 0.1) is 5.41 Å². The SMILES string of the molecule is CCNC(=NCc1ccc(Cn2ccccc2=O)cc1)NCC1(C(=O)N(C)C)CCCC1.I. The number of aliphatic imine (C=N–C) groups is 1. The first-order valence-electron chi connectivity index (χ1n) is 11.4. The predicted molar refractivity (Wildman–Crippen MR) is 144 cm³/mol. The van der Waals surface area contributed by atoms with Crippen molar-refractivity contribution in [2.75, 3.05) is 27.2 Å². The zero-order valence-electron chi connectivity index (χ0n) is 19.8. The summed E-state index contributed by atoms with van der Waals surface area (Å²) in [4.78, 5) is 31.1. The molecule has 3 rings (SSSR count). The molecule has 2 N–H and O–H groups in total. The molecular formula is C25H36IN5O2. The van der Waals surface area contributed by atoms with Gasteiger partial charge in [0.15, 0.2) is 5.96 Å². The first-order valence-corrected chi connectivity index (χ1v) is 11.4. The van der Waals surface area contributed by atoms with Crippen LogP contribution in [-0.4, -0.2) is 48.5 Å². The summed E-state index contributed by atoms with van der Waals surface area (Å²) in [6, 6.07) is 13.3. The highest BCUT2D eigenvalue weighted by atomic mass is 127. The fourth-order valence-corrected chi connectivity index (χ4v) is 4.30. The van der Waals surface area contributed by atoms with Gasteiger partial charge >= 0.3 is 0 Å². The number of hydrogen-bond acceptors (Lipinski definition) is 3. The van der Waals surface area contributed by atoms with Crippen LogP contribution in [-0.2, 0) is 17.9 Å². The molecule has 0 aliphatic heterocycles. The minimum atomic E-state index is -0.336. The molecule has 0 spiro atoms. The molecule has 0 unspecified atom stereocenters. The molecule has 8 heteroatoms. The Bertz CT molecular complexity index is 979. The number of guanidine groups is 1. The van der Waals surface area contributed by atoms with E-state index in [0.717, 1.165) is 49.3 Å². The van der Waals surface area contributed by atoms with E-state index in [-0.39, 0.29) is 40.9 Å². The summed E-state index contributed by atoms with van der Waals surface area (Å²) in [5.74, 6) is 0.928. The van der Waals surface area contributed by atoms with E-state index >= 15 is 0 Å². The Hall–Kier alpha value is -2.36. The van der Waals surface area contributed by atoms with Crippen LogP contribution < -0.4 is 16.2 Å². The number of carbonyl (C=O) groups excluding carboxylic acids is 1. The Labute approximate surface area is 213 Å². The lowest BCUT2D eigenvalue weighted by molar-refractivity contribution is -0.138. The number of carbonyl (C=O) groups is 1. The number of benzene rings is 1. The molecule has 7 nitrogen and oxygen atoms in total. The lowest BCUT2D eigenvalue weighted by Crippen LogP contribution is -2.49. The Morgan fingerprint density at radius 1 is 1.06 bits per heavy atom. The van der Waals surface area contributed by atoms with E-state index in [1.165, 1.54) is 0 Å². The number of pyridine rings is 1. The van der Waals surface area contributed by atoms with Gasteiger partial charge in [-0.25, -0.2) is 4.99 Å². The van der Waals surface area contributed by atoms with Gasteiger partial charge in [-0.15, -0.1) is 24.0 Å². The molecule has 1 aromatic heterocycles. The lowest BCUT2D eigenvalue weighted by Gasteiger charge is -2.31. The van der Waals surface area contributed by atoms with Gasteiger partial charge in [0.25, 0.3) is 5.56 Å². The third-order valence-corrected chi connectivity index (χ3v) is 6.05. The zero-order chi connectivity index (χ0) is 23.0. The van der Waals surface area contributed by atoms with E-state index in [9.17, 15) is 9.59 Å². The average molecular weight is 566 g/mol. The van der Waals surface area contributed by atoms with Crippen molar-refractivity contribution in [1.29, 1.82) is 0 Å². The number of nitrogens with zero attached hydrogens (tertiary/aromatic N) is 3. The standard InChI is InChI=1S/C25H35N5O2.HI/c1-4-26-24(28-19-25(14-6-7-15-25)23(32)29(2)3)27-17-20-10-12-21(13-11-20)18-30-16-8-5-9-22(30)31;/h5,8-13,16H,4,6-7,14-15,17-19H2,1-3H3,(H2,26,27,28);1H. The van der Waals surface area contributed by atoms with Gasteiger partial charge in [0.2, 0.25) is 5.91 Å². The van der Waals surface area contributed by atoms with Crippen molar-refractivity contribution in [1.82, 2.24) is 20.1 Å². The predicted octanol–water partition coefficient (Wildman–Crippen LogP) is 3.22. The second-order valence-electron chi connectivity index (χ2n) is 8.72. The van der Waals surface area contributed by atoms with Crippen LogP contribution in [0.25, 0.3) is 0 Å². The maximum Gasteiger partial charge on any atom is 0.250 e. The molecule has 1 aliphatic rings. The Morgan fingerprint density at radius 2 is 1.73 bits per heavy atom. The van der Waals surface area contributed by atoms with E-state index in [4.69, 9.17) is 4.99 Å². The summed E-state index contributed by atoms with van der Waals surface area (Å²) in [5, 5.41) is 6.70. The van der Waals surface area contributed by atoms with Crippen LogP contribution in [0.2, 0.25) is 0 Å². The second-order valence-corrected chi connectivity index (χ2v) is 8.72. The van der Waals surface area contributed by atoms with E-state index in [1.54, 1.807) is 27.8 Å². The van der Waals surface area contributed by atoms with Gasteiger partial charge in [-0.3, -0.25) is 9.59 Å². The fraction of sp³-hybridized carbons (Fsp3) is 0.480. The number of hydrogen-bond donors (Lipinski definition) is 2. The second kappa shape index (κ2) is 12.8. The van der Waals surface area contributed by atoms with E-state index in [0.29, 0.717) is 19.6 Å². The van der Waals surface area contributed by atoms with Crippen LogP contribution >= 0.6 is 24.0 Å². The average Bonchev–Trinajstić information content (AvgIpc) is 3.27. The van der Waals surface area contributed by atoms with Crippen LogP contribution in [0.1, 0.15) is 43.7 Å². The van der Waals surface area contributed by atoms with Gasteiger partial charge in [-0.2, -0.15) is 0 Å². The highest BCUT2D eigenvalue weighted by Gasteiger charge is 2.42. The van der Waals surface area contributed by atoms with Gasteiger partial charge < -0.3 is 20.1 Å². The summed E-state index contributed by atoms with van der Waals surface area (Å²) in [6.07, 6.45) is 5.82. The molecule has 0 radical (unpaired) electrons. The Morgan fingerprint density at radius 3 is 2.33 bits per heavy atom. The summed E-state index contributed by atoms with van der Waals surface area (Å²) in [6.45, 7) is 4.48. The van der Waals surface area contributed by atoms with Crippen LogP contribution in [0.5, 0.6) is 0 Å². The van der Waals surface area contributed by atoms with Gasteiger partial charge in [0.1, 0.15) is 0 Å². The maximum absolute atomic E-state index is 12.8. The molecule has 1 saturated carbocycles. The quantitative estimate of drug-likeness (QED) is 0.293. The Kier molecular flexibility index (Phi) is 10.4. The largest absolute Gasteiger partial charge is 0.357 e. The van der Waals surface area contributed by atoms with E-state index in [2.05, 4.69) is 10.6 Å². The van der Waals surface area contributed by atoms with Crippen molar-refractivity contribution < 1.29 is 4.79 Å². The van der Waals surface area contributed by atoms with Crippen LogP contribution in [0.4, 0.5) is 0 Å². The van der Waals surface area contributed by atoms with Crippen LogP contribution in [0.15, 0.2) is 58.4 Å². The number of aromatic nitrogens is 1. The normalized spacial score (nSPS) is 14.9. The molecule has 33 heavy (non-hydrogen) atoms. The first kappa shape index (κ1) is 26.9. The van der Waals surface area contributed by atoms with Crippen molar-refractivity contribution in [2.45, 2.75) is 45.7 Å². The molecule has 0 atom stereocenters. The lowest BCUT2D eigenvalue weighted by atomic mass is 9.84. The maximum atomic E-state index is 12.8. The summed E-state index contributed by atoms with van der Waals surface area (Å²) >= 11 is 0. The first-order chi connectivity index (χ1) is 15.4. The fourth-order valence-electron chi connectivity index (χ4n) is 4.30. The molecule has 1 aliphatic carbocycles. The molecule has 1 amide bonds. The highest BCUT2D eigenvalue weighted by Crippen LogP contribution is 2.38. The summed E-state index contributed by atoms with van der Waals surface area (Å²) in [7, 11) is 3.67. The van der Waals surface area contributed by atoms with Crippen molar-refractivity contribution >= 4 is 35.8 Å². The van der Waals surface area contributed by atoms with Gasteiger partial charge in [0, 0.05) is 39.4 Å². The minimum absolute atomic E-state index is 0. The summed E-state index contributed by atoms with van der Waals surface area (Å²) in [5.41, 5.74) is 1.82. The van der Waals surface area contributed by atoms with Crippen molar-refractivity contribution in [3.8, 4) is 0 Å². The van der Waals surface area contributed by atoms with Gasteiger partial charge in [-0.1, -0.05) is 43.2 Å². The highest BCUT2D eigenvalue weighted by molar-refractivity contribution is 14.0. The number of nitrogens with one attached hydrogen (secondary N) is 2. The molecule has 0 bridgehead atoms. The smallest absolute Gasteiger partial charge is 0.250 e. The molecule has 0 saturated heterocycles. The molecular weight excluding hydrogens is 529 g/mol. The molecule has 2 aromatic rings.